The predicted molar refractivity (Wildman–Crippen MR) is 64.9 cm³/mol. The van der Waals surface area contributed by atoms with Gasteiger partial charge < -0.3 is 14.2 Å². The number of unbranched alkanes of at least 4 members (excludes halogenated alkanes) is 2. The van der Waals surface area contributed by atoms with Gasteiger partial charge in [-0.3, -0.25) is 0 Å². The molecule has 0 saturated carbocycles. The van der Waals surface area contributed by atoms with Crippen molar-refractivity contribution in [2.75, 3.05) is 19.8 Å². The average Bonchev–Trinajstić information content (AvgIpc) is 2.66. The van der Waals surface area contributed by atoms with Crippen LogP contribution in [0.5, 0.6) is 0 Å². The van der Waals surface area contributed by atoms with E-state index in [1.165, 1.54) is 0 Å². The maximum Gasteiger partial charge on any atom is 0.335 e. The second kappa shape index (κ2) is 8.48. The number of ether oxygens (including phenoxy) is 3. The molecule has 1 fully saturated rings. The molecule has 1 saturated heterocycles. The highest BCUT2D eigenvalue weighted by Crippen LogP contribution is 2.18. The summed E-state index contributed by atoms with van der Waals surface area (Å²) in [5, 5.41) is 0. The molecule has 2 atom stereocenters. The maximum atomic E-state index is 11.5. The van der Waals surface area contributed by atoms with Crippen molar-refractivity contribution in [1.29, 1.82) is 0 Å². The monoisotopic (exact) mass is 244 g/mol. The van der Waals surface area contributed by atoms with Gasteiger partial charge in [-0.2, -0.15) is 0 Å². The highest BCUT2D eigenvalue weighted by Gasteiger charge is 2.35. The molecular formula is C13H24O4. The van der Waals surface area contributed by atoms with Gasteiger partial charge >= 0.3 is 5.97 Å². The molecule has 17 heavy (non-hydrogen) atoms. The third-order valence-corrected chi connectivity index (χ3v) is 2.79. The Morgan fingerprint density at radius 2 is 1.94 bits per heavy atom. The van der Waals surface area contributed by atoms with Gasteiger partial charge in [0.2, 0.25) is 0 Å². The summed E-state index contributed by atoms with van der Waals surface area (Å²) in [5.74, 6) is -0.231. The van der Waals surface area contributed by atoms with Crippen LogP contribution in [-0.2, 0) is 19.0 Å². The van der Waals surface area contributed by atoms with Gasteiger partial charge in [-0.1, -0.05) is 26.7 Å². The summed E-state index contributed by atoms with van der Waals surface area (Å²) in [6.07, 6.45) is 4.37. The summed E-state index contributed by atoms with van der Waals surface area (Å²) < 4.78 is 16.1. The van der Waals surface area contributed by atoms with Crippen molar-refractivity contribution in [3.8, 4) is 0 Å². The Morgan fingerprint density at radius 3 is 2.65 bits per heavy atom. The molecular weight excluding hydrogens is 220 g/mol. The fourth-order valence-electron chi connectivity index (χ4n) is 1.69. The van der Waals surface area contributed by atoms with Gasteiger partial charge in [0.1, 0.15) is 6.10 Å². The third kappa shape index (κ3) is 5.50. The van der Waals surface area contributed by atoms with Crippen molar-refractivity contribution < 1.29 is 19.0 Å². The van der Waals surface area contributed by atoms with Crippen LogP contribution in [0, 0.1) is 0 Å². The molecule has 1 aliphatic rings. The van der Waals surface area contributed by atoms with Gasteiger partial charge in [0.25, 0.3) is 0 Å². The maximum absolute atomic E-state index is 11.5. The summed E-state index contributed by atoms with van der Waals surface area (Å²) in [5.41, 5.74) is 0. The quantitative estimate of drug-likeness (QED) is 0.461. The van der Waals surface area contributed by atoms with Crippen LogP contribution >= 0.6 is 0 Å². The van der Waals surface area contributed by atoms with E-state index in [9.17, 15) is 4.79 Å². The molecule has 0 N–H and O–H groups in total. The van der Waals surface area contributed by atoms with Crippen LogP contribution in [-0.4, -0.2) is 38.0 Å². The van der Waals surface area contributed by atoms with E-state index in [4.69, 9.17) is 14.2 Å². The molecule has 0 bridgehead atoms. The molecule has 0 aromatic rings. The zero-order valence-electron chi connectivity index (χ0n) is 10.9. The Labute approximate surface area is 104 Å². The largest absolute Gasteiger partial charge is 0.458 e. The summed E-state index contributed by atoms with van der Waals surface area (Å²) in [6, 6.07) is 0. The van der Waals surface area contributed by atoms with E-state index < -0.39 is 0 Å². The van der Waals surface area contributed by atoms with Crippen molar-refractivity contribution >= 4 is 5.97 Å². The Bertz CT molecular complexity index is 217. The number of cyclic esters (lactones) is 1. The number of esters is 1. The number of rotatable bonds is 9. The van der Waals surface area contributed by atoms with Crippen LogP contribution < -0.4 is 0 Å². The second-order valence-electron chi connectivity index (χ2n) is 4.44. The Balaban J connectivity index is 2.12. The van der Waals surface area contributed by atoms with Crippen molar-refractivity contribution in [1.82, 2.24) is 0 Å². The smallest absolute Gasteiger partial charge is 0.335 e. The lowest BCUT2D eigenvalue weighted by Crippen LogP contribution is -2.19. The molecule has 4 heteroatoms. The van der Waals surface area contributed by atoms with Crippen LogP contribution in [0.2, 0.25) is 0 Å². The molecule has 1 rings (SSSR count). The first-order valence-electron chi connectivity index (χ1n) is 6.67. The molecule has 0 aliphatic carbocycles. The lowest BCUT2D eigenvalue weighted by Gasteiger charge is -2.09. The van der Waals surface area contributed by atoms with E-state index in [2.05, 4.69) is 13.8 Å². The topological polar surface area (TPSA) is 44.8 Å². The zero-order chi connectivity index (χ0) is 12.5. The van der Waals surface area contributed by atoms with Gasteiger partial charge in [-0.15, -0.1) is 0 Å². The number of hydrogen-bond donors (Lipinski definition) is 0. The summed E-state index contributed by atoms with van der Waals surface area (Å²) in [7, 11) is 0. The molecule has 1 heterocycles. The minimum Gasteiger partial charge on any atom is -0.458 e. The van der Waals surface area contributed by atoms with Crippen molar-refractivity contribution in [3.05, 3.63) is 0 Å². The molecule has 0 amide bonds. The van der Waals surface area contributed by atoms with E-state index in [1.807, 2.05) is 0 Å². The highest BCUT2D eigenvalue weighted by atomic mass is 16.6. The van der Waals surface area contributed by atoms with Crippen LogP contribution in [0.25, 0.3) is 0 Å². The van der Waals surface area contributed by atoms with Crippen molar-refractivity contribution in [3.63, 3.8) is 0 Å². The van der Waals surface area contributed by atoms with Gasteiger partial charge in [-0.25, -0.2) is 4.79 Å². The highest BCUT2D eigenvalue weighted by molar-refractivity contribution is 5.76. The van der Waals surface area contributed by atoms with E-state index in [0.717, 1.165) is 32.3 Å². The first-order valence-corrected chi connectivity index (χ1v) is 6.67. The molecule has 0 spiro atoms. The second-order valence-corrected chi connectivity index (χ2v) is 4.44. The molecule has 0 aromatic heterocycles. The molecule has 0 unspecified atom stereocenters. The normalized spacial score (nSPS) is 24.0. The molecule has 0 radical (unpaired) electrons. The third-order valence-electron chi connectivity index (χ3n) is 2.79. The molecule has 1 aliphatic heterocycles. The fraction of sp³-hybridized carbons (Fsp3) is 0.923. The number of carbonyl (C=O) groups excluding carboxylic acids is 1. The molecule has 100 valence electrons. The van der Waals surface area contributed by atoms with Crippen LogP contribution in [0.3, 0.4) is 0 Å². The van der Waals surface area contributed by atoms with Gasteiger partial charge in [0.05, 0.1) is 6.61 Å². The minimum atomic E-state index is -0.374. The minimum absolute atomic E-state index is 0.119. The van der Waals surface area contributed by atoms with Gasteiger partial charge in [-0.05, 0) is 12.8 Å². The number of carbonyl (C=O) groups is 1. The lowest BCUT2D eigenvalue weighted by atomic mass is 10.2. The van der Waals surface area contributed by atoms with Crippen LogP contribution in [0.15, 0.2) is 0 Å². The lowest BCUT2D eigenvalue weighted by molar-refractivity contribution is -0.151. The number of hydrogen-bond acceptors (Lipinski definition) is 4. The molecule has 0 aromatic carbocycles. The van der Waals surface area contributed by atoms with E-state index >= 15 is 0 Å². The first kappa shape index (κ1) is 14.5. The predicted octanol–water partition coefficient (Wildman–Crippen LogP) is 2.30. The fourth-order valence-corrected chi connectivity index (χ4v) is 1.69. The summed E-state index contributed by atoms with van der Waals surface area (Å²) >= 11 is 0. The Kier molecular flexibility index (Phi) is 7.21. The van der Waals surface area contributed by atoms with Gasteiger partial charge in [0, 0.05) is 19.6 Å². The Hall–Kier alpha value is -0.610. The van der Waals surface area contributed by atoms with Crippen molar-refractivity contribution in [2.24, 2.45) is 0 Å². The zero-order valence-corrected chi connectivity index (χ0v) is 10.9. The van der Waals surface area contributed by atoms with E-state index in [0.29, 0.717) is 19.6 Å². The average molecular weight is 244 g/mol. The first-order chi connectivity index (χ1) is 8.27. The Morgan fingerprint density at radius 1 is 1.24 bits per heavy atom. The summed E-state index contributed by atoms with van der Waals surface area (Å²) in [4.78, 5) is 11.5. The van der Waals surface area contributed by atoms with E-state index in [1.54, 1.807) is 0 Å². The molecule has 4 nitrogen and oxygen atoms in total. The SMILES string of the molecule is CCCCOC[C@@H]1C[C@@H](OCCCC)C(=O)O1. The van der Waals surface area contributed by atoms with E-state index in [-0.39, 0.29) is 18.2 Å². The van der Waals surface area contributed by atoms with Gasteiger partial charge in [0.15, 0.2) is 6.10 Å². The van der Waals surface area contributed by atoms with Crippen LogP contribution in [0.4, 0.5) is 0 Å². The summed E-state index contributed by atoms with van der Waals surface area (Å²) in [6.45, 7) is 6.10. The standard InChI is InChI=1S/C13H24O4/c1-3-5-7-15-10-11-9-12(13(14)17-11)16-8-6-4-2/h11-12H,3-10H2,1-2H3/t11-,12+/m0/s1. The van der Waals surface area contributed by atoms with Crippen LogP contribution in [0.1, 0.15) is 46.0 Å². The van der Waals surface area contributed by atoms with Crippen molar-refractivity contribution in [2.45, 2.75) is 58.2 Å².